The van der Waals surface area contributed by atoms with E-state index in [1.807, 2.05) is 32.0 Å². The van der Waals surface area contributed by atoms with Gasteiger partial charge in [0.2, 0.25) is 5.30 Å². The van der Waals surface area contributed by atoms with Crippen molar-refractivity contribution in [1.82, 2.24) is 0 Å². The summed E-state index contributed by atoms with van der Waals surface area (Å²) in [6.45, 7) is 7.24. The van der Waals surface area contributed by atoms with Crippen LogP contribution in [0.5, 0.6) is 5.75 Å². The van der Waals surface area contributed by atoms with Gasteiger partial charge >= 0.3 is 13.3 Å². The summed E-state index contributed by atoms with van der Waals surface area (Å²) < 4.78 is 18.7. The SMILES string of the molecule is COc1cccc(Cl)c1C(=O)[P+](=O)c1c(C)c(C)c(C(=O)c2ccccc2)c(C)c1C. The van der Waals surface area contributed by atoms with E-state index in [9.17, 15) is 14.2 Å². The number of carbonyl (C=O) groups is 2. The third-order valence-electron chi connectivity index (χ3n) is 5.65. The van der Waals surface area contributed by atoms with Crippen molar-refractivity contribution < 1.29 is 18.9 Å². The van der Waals surface area contributed by atoms with Crippen LogP contribution in [-0.2, 0) is 4.57 Å². The second-order valence-corrected chi connectivity index (χ2v) is 9.18. The highest BCUT2D eigenvalue weighted by molar-refractivity contribution is 7.71. The second-order valence-electron chi connectivity index (χ2n) is 7.34. The summed E-state index contributed by atoms with van der Waals surface area (Å²) in [6, 6.07) is 13.9. The number of halogens is 1. The van der Waals surface area contributed by atoms with E-state index in [1.165, 1.54) is 7.11 Å². The topological polar surface area (TPSA) is 60.4 Å². The van der Waals surface area contributed by atoms with Gasteiger partial charge in [-0.05, 0) is 51.0 Å². The van der Waals surface area contributed by atoms with Gasteiger partial charge in [-0.1, -0.05) is 52.6 Å². The Morgan fingerprint density at radius 2 is 1.39 bits per heavy atom. The van der Waals surface area contributed by atoms with Crippen LogP contribution >= 0.6 is 19.4 Å². The lowest BCUT2D eigenvalue weighted by Gasteiger charge is -2.15. The first-order chi connectivity index (χ1) is 14.7. The predicted octanol–water partition coefficient (Wildman–Crippen LogP) is 6.11. The molecule has 1 unspecified atom stereocenters. The molecule has 6 heteroatoms. The number of carbonyl (C=O) groups excluding carboxylic acids is 2. The molecule has 0 fully saturated rings. The van der Waals surface area contributed by atoms with Gasteiger partial charge in [-0.2, -0.15) is 0 Å². The summed E-state index contributed by atoms with van der Waals surface area (Å²) >= 11 is 6.24. The third-order valence-corrected chi connectivity index (χ3v) is 7.63. The summed E-state index contributed by atoms with van der Waals surface area (Å²) in [6.07, 6.45) is 0. The molecule has 0 spiro atoms. The zero-order valence-electron chi connectivity index (χ0n) is 18.1. The molecule has 0 aliphatic rings. The van der Waals surface area contributed by atoms with E-state index in [0.717, 1.165) is 0 Å². The summed E-state index contributed by atoms with van der Waals surface area (Å²) in [5.74, 6) is 0.183. The zero-order valence-corrected chi connectivity index (χ0v) is 19.7. The van der Waals surface area contributed by atoms with Crippen molar-refractivity contribution in [1.29, 1.82) is 0 Å². The Labute approximate surface area is 188 Å². The molecule has 0 saturated carbocycles. The molecular weight excluding hydrogens is 431 g/mol. The summed E-state index contributed by atoms with van der Waals surface area (Å²) in [5, 5.41) is 0.633. The third kappa shape index (κ3) is 4.06. The van der Waals surface area contributed by atoms with Crippen molar-refractivity contribution in [3.05, 3.63) is 92.5 Å². The molecule has 3 aromatic rings. The molecule has 0 aliphatic carbocycles. The van der Waals surface area contributed by atoms with Gasteiger partial charge in [0.15, 0.2) is 5.78 Å². The molecule has 0 aliphatic heterocycles. The van der Waals surface area contributed by atoms with E-state index in [0.29, 0.717) is 38.7 Å². The number of benzene rings is 3. The van der Waals surface area contributed by atoms with Gasteiger partial charge in [0.05, 0.1) is 12.1 Å². The highest BCUT2D eigenvalue weighted by Crippen LogP contribution is 2.38. The van der Waals surface area contributed by atoms with Crippen molar-refractivity contribution in [2.24, 2.45) is 0 Å². The van der Waals surface area contributed by atoms with E-state index in [4.69, 9.17) is 16.3 Å². The van der Waals surface area contributed by atoms with Crippen LogP contribution in [0.15, 0.2) is 48.5 Å². The van der Waals surface area contributed by atoms with Crippen LogP contribution in [0.1, 0.15) is 48.5 Å². The van der Waals surface area contributed by atoms with Crippen molar-refractivity contribution in [2.45, 2.75) is 27.7 Å². The van der Waals surface area contributed by atoms with E-state index in [-0.39, 0.29) is 22.1 Å². The van der Waals surface area contributed by atoms with Crippen molar-refractivity contribution >= 4 is 36.0 Å². The molecule has 0 aromatic heterocycles. The Morgan fingerprint density at radius 1 is 0.806 bits per heavy atom. The lowest BCUT2D eigenvalue weighted by atomic mass is 9.89. The first kappa shape index (κ1) is 22.9. The van der Waals surface area contributed by atoms with Gasteiger partial charge in [-0.25, -0.2) is 4.79 Å². The normalized spacial score (nSPS) is 11.2. The monoisotopic (exact) mass is 453 g/mol. The first-order valence-electron chi connectivity index (χ1n) is 9.74. The van der Waals surface area contributed by atoms with E-state index < -0.39 is 13.3 Å². The fourth-order valence-electron chi connectivity index (χ4n) is 3.76. The molecular formula is C25H23ClO4P+. The maximum absolute atomic E-state index is 13.5. The first-order valence-corrected chi connectivity index (χ1v) is 11.4. The fraction of sp³-hybridized carbons (Fsp3) is 0.200. The maximum Gasteiger partial charge on any atom is 0.459 e. The Kier molecular flexibility index (Phi) is 6.74. The number of ketones is 1. The van der Waals surface area contributed by atoms with E-state index in [1.54, 1.807) is 44.2 Å². The minimum atomic E-state index is -2.48. The number of methoxy groups -OCH3 is 1. The lowest BCUT2D eigenvalue weighted by molar-refractivity contribution is 0.103. The second kappa shape index (κ2) is 9.13. The minimum absolute atomic E-state index is 0.0947. The standard InChI is InChI=1S/C25H23ClO4P/c1-14-16(3)24(31(29)25(28)22-19(26)12-9-13-20(22)30-5)17(4)15(2)21(14)23(27)18-10-7-6-8-11-18/h6-13H,1-5H3/q+1. The molecule has 0 N–H and O–H groups in total. The maximum atomic E-state index is 13.5. The molecule has 0 amide bonds. The molecule has 0 radical (unpaired) electrons. The highest BCUT2D eigenvalue weighted by atomic mass is 35.5. The molecule has 31 heavy (non-hydrogen) atoms. The minimum Gasteiger partial charge on any atom is -0.496 e. The Morgan fingerprint density at radius 3 is 1.94 bits per heavy atom. The Balaban J connectivity index is 2.15. The lowest BCUT2D eigenvalue weighted by Crippen LogP contribution is -2.19. The number of hydrogen-bond acceptors (Lipinski definition) is 4. The van der Waals surface area contributed by atoms with Crippen LogP contribution in [-0.4, -0.2) is 18.4 Å². The molecule has 3 aromatic carbocycles. The van der Waals surface area contributed by atoms with Crippen LogP contribution in [0, 0.1) is 27.7 Å². The number of ether oxygens (including phenoxy) is 1. The number of hydrogen-bond donors (Lipinski definition) is 0. The molecule has 4 nitrogen and oxygen atoms in total. The van der Waals surface area contributed by atoms with Gasteiger partial charge in [0, 0.05) is 22.3 Å². The van der Waals surface area contributed by atoms with Crippen molar-refractivity contribution in [3.8, 4) is 5.75 Å². The van der Waals surface area contributed by atoms with Gasteiger partial charge in [0.1, 0.15) is 11.3 Å². The Hall–Kier alpha value is -2.81. The van der Waals surface area contributed by atoms with Gasteiger partial charge in [0.25, 0.3) is 0 Å². The summed E-state index contributed by atoms with van der Waals surface area (Å²) in [5.41, 5.74) is 3.45. The molecule has 0 saturated heterocycles. The summed E-state index contributed by atoms with van der Waals surface area (Å²) in [4.78, 5) is 26.4. The largest absolute Gasteiger partial charge is 0.496 e. The molecule has 1 atom stereocenters. The summed E-state index contributed by atoms with van der Waals surface area (Å²) in [7, 11) is -1.04. The smallest absolute Gasteiger partial charge is 0.459 e. The average molecular weight is 454 g/mol. The molecule has 0 bridgehead atoms. The van der Waals surface area contributed by atoms with Gasteiger partial charge in [-0.15, -0.1) is 0 Å². The van der Waals surface area contributed by atoms with Crippen LogP contribution in [0.2, 0.25) is 5.02 Å². The van der Waals surface area contributed by atoms with Crippen LogP contribution < -0.4 is 10.0 Å². The quantitative estimate of drug-likeness (QED) is 0.334. The van der Waals surface area contributed by atoms with Crippen LogP contribution in [0.25, 0.3) is 0 Å². The predicted molar refractivity (Wildman–Crippen MR) is 125 cm³/mol. The Bertz CT molecular complexity index is 1190. The average Bonchev–Trinajstić information content (AvgIpc) is 2.77. The van der Waals surface area contributed by atoms with Crippen LogP contribution in [0.3, 0.4) is 0 Å². The van der Waals surface area contributed by atoms with Crippen molar-refractivity contribution in [2.75, 3.05) is 7.11 Å². The highest BCUT2D eigenvalue weighted by Gasteiger charge is 2.41. The molecule has 158 valence electrons. The van der Waals surface area contributed by atoms with E-state index >= 15 is 0 Å². The number of rotatable bonds is 6. The van der Waals surface area contributed by atoms with Crippen molar-refractivity contribution in [3.63, 3.8) is 0 Å². The molecule has 0 heterocycles. The zero-order chi connectivity index (χ0) is 22.9. The fourth-order valence-corrected chi connectivity index (χ4v) is 5.66. The van der Waals surface area contributed by atoms with Crippen LogP contribution in [0.4, 0.5) is 0 Å². The molecule has 3 rings (SSSR count). The van der Waals surface area contributed by atoms with Gasteiger partial charge < -0.3 is 4.74 Å². The van der Waals surface area contributed by atoms with Gasteiger partial charge in [-0.3, -0.25) is 4.79 Å². The van der Waals surface area contributed by atoms with E-state index in [2.05, 4.69) is 0 Å².